The minimum absolute atomic E-state index is 0.298. The molecular formula is C14H9BrClFN2. The van der Waals surface area contributed by atoms with Gasteiger partial charge in [0.25, 0.3) is 0 Å². The summed E-state index contributed by atoms with van der Waals surface area (Å²) < 4.78 is 13.5. The van der Waals surface area contributed by atoms with Gasteiger partial charge in [-0.15, -0.1) is 0 Å². The lowest BCUT2D eigenvalue weighted by Gasteiger charge is -2.09. The first-order valence-electron chi connectivity index (χ1n) is 5.47. The molecule has 0 spiro atoms. The monoisotopic (exact) mass is 338 g/mol. The van der Waals surface area contributed by atoms with E-state index in [1.165, 1.54) is 6.07 Å². The van der Waals surface area contributed by atoms with Crippen molar-refractivity contribution in [3.05, 3.63) is 62.8 Å². The Labute approximate surface area is 123 Å². The normalized spacial score (nSPS) is 10.0. The molecule has 2 rings (SSSR count). The van der Waals surface area contributed by atoms with Gasteiger partial charge >= 0.3 is 0 Å². The van der Waals surface area contributed by atoms with E-state index in [2.05, 4.69) is 27.3 Å². The second kappa shape index (κ2) is 6.05. The molecule has 2 nitrogen and oxygen atoms in total. The minimum Gasteiger partial charge on any atom is -0.380 e. The van der Waals surface area contributed by atoms with Crippen LogP contribution in [-0.4, -0.2) is 0 Å². The standard InChI is InChI=1S/C14H9BrClFN2/c15-11-5-10(2-4-13(11)17)8-19-14-6-9(7-18)1-3-12(14)16/h1-6,19H,8H2. The van der Waals surface area contributed by atoms with E-state index in [1.54, 1.807) is 30.3 Å². The number of hydrogen-bond donors (Lipinski definition) is 1. The van der Waals surface area contributed by atoms with E-state index >= 15 is 0 Å². The van der Waals surface area contributed by atoms with Gasteiger partial charge in [0.2, 0.25) is 0 Å². The van der Waals surface area contributed by atoms with Crippen LogP contribution in [0.25, 0.3) is 0 Å². The quantitative estimate of drug-likeness (QED) is 0.878. The van der Waals surface area contributed by atoms with E-state index in [0.29, 0.717) is 27.3 Å². The van der Waals surface area contributed by atoms with Gasteiger partial charge in [-0.05, 0) is 51.8 Å². The molecule has 0 unspecified atom stereocenters. The predicted octanol–water partition coefficient (Wildman–Crippen LogP) is 4.73. The first kappa shape index (κ1) is 13.9. The summed E-state index contributed by atoms with van der Waals surface area (Å²) >= 11 is 9.17. The molecule has 0 aliphatic carbocycles. The number of anilines is 1. The minimum atomic E-state index is -0.298. The number of nitrogens with zero attached hydrogens (tertiary/aromatic N) is 1. The van der Waals surface area contributed by atoms with E-state index in [9.17, 15) is 4.39 Å². The van der Waals surface area contributed by atoms with Crippen LogP contribution in [0.4, 0.5) is 10.1 Å². The van der Waals surface area contributed by atoms with Crippen LogP contribution in [0.1, 0.15) is 11.1 Å². The zero-order chi connectivity index (χ0) is 13.8. The van der Waals surface area contributed by atoms with E-state index in [0.717, 1.165) is 5.56 Å². The molecule has 0 aliphatic rings. The largest absolute Gasteiger partial charge is 0.380 e. The Balaban J connectivity index is 2.14. The molecule has 96 valence electrons. The van der Waals surface area contributed by atoms with E-state index in [-0.39, 0.29) is 5.82 Å². The molecule has 0 bridgehead atoms. The average molecular weight is 340 g/mol. The fraction of sp³-hybridized carbons (Fsp3) is 0.0714. The molecule has 0 saturated heterocycles. The zero-order valence-corrected chi connectivity index (χ0v) is 12.1. The highest BCUT2D eigenvalue weighted by Crippen LogP contribution is 2.24. The van der Waals surface area contributed by atoms with Crippen LogP contribution in [0.5, 0.6) is 0 Å². The third kappa shape index (κ3) is 3.46. The Morgan fingerprint density at radius 2 is 2.05 bits per heavy atom. The van der Waals surface area contributed by atoms with Gasteiger partial charge in [0.1, 0.15) is 5.82 Å². The summed E-state index contributed by atoms with van der Waals surface area (Å²) in [6.07, 6.45) is 0. The number of hydrogen-bond acceptors (Lipinski definition) is 2. The van der Waals surface area contributed by atoms with E-state index in [1.807, 2.05) is 0 Å². The summed E-state index contributed by atoms with van der Waals surface area (Å²) in [5.74, 6) is -0.298. The third-order valence-corrected chi connectivity index (χ3v) is 3.50. The van der Waals surface area contributed by atoms with Crippen LogP contribution in [0, 0.1) is 17.1 Å². The molecule has 19 heavy (non-hydrogen) atoms. The van der Waals surface area contributed by atoms with Gasteiger partial charge in [-0.3, -0.25) is 0 Å². The van der Waals surface area contributed by atoms with Crippen molar-refractivity contribution in [1.82, 2.24) is 0 Å². The fourth-order valence-corrected chi connectivity index (χ4v) is 2.19. The summed E-state index contributed by atoms with van der Waals surface area (Å²) in [6, 6.07) is 11.8. The first-order valence-corrected chi connectivity index (χ1v) is 6.64. The average Bonchev–Trinajstić information content (AvgIpc) is 2.41. The van der Waals surface area contributed by atoms with Gasteiger partial charge in [0, 0.05) is 6.54 Å². The van der Waals surface area contributed by atoms with Crippen molar-refractivity contribution in [2.75, 3.05) is 5.32 Å². The number of halogens is 3. The Hall–Kier alpha value is -1.57. The van der Waals surface area contributed by atoms with Crippen molar-refractivity contribution in [3.8, 4) is 6.07 Å². The number of benzene rings is 2. The smallest absolute Gasteiger partial charge is 0.137 e. The second-order valence-corrected chi connectivity index (χ2v) is 5.17. The van der Waals surface area contributed by atoms with Crippen LogP contribution < -0.4 is 5.32 Å². The van der Waals surface area contributed by atoms with Gasteiger partial charge < -0.3 is 5.32 Å². The van der Waals surface area contributed by atoms with Gasteiger partial charge in [-0.1, -0.05) is 17.7 Å². The maximum absolute atomic E-state index is 13.1. The summed E-state index contributed by atoms with van der Waals surface area (Å²) in [5, 5.41) is 12.5. The van der Waals surface area contributed by atoms with E-state index in [4.69, 9.17) is 16.9 Å². The van der Waals surface area contributed by atoms with Crippen molar-refractivity contribution in [3.63, 3.8) is 0 Å². The fourth-order valence-electron chi connectivity index (χ4n) is 1.58. The lowest BCUT2D eigenvalue weighted by molar-refractivity contribution is 0.620. The summed E-state index contributed by atoms with van der Waals surface area (Å²) in [6.45, 7) is 0.494. The zero-order valence-electron chi connectivity index (χ0n) is 9.75. The van der Waals surface area contributed by atoms with Crippen molar-refractivity contribution in [2.45, 2.75) is 6.54 Å². The molecule has 2 aromatic rings. The molecular weight excluding hydrogens is 331 g/mol. The molecule has 0 atom stereocenters. The number of nitrogens with one attached hydrogen (secondary N) is 1. The number of nitriles is 1. The molecule has 0 heterocycles. The Morgan fingerprint density at radius 1 is 1.26 bits per heavy atom. The lowest BCUT2D eigenvalue weighted by Crippen LogP contribution is -2.00. The lowest BCUT2D eigenvalue weighted by atomic mass is 10.2. The van der Waals surface area contributed by atoms with Crippen LogP contribution in [0.15, 0.2) is 40.9 Å². The molecule has 0 aliphatic heterocycles. The third-order valence-electron chi connectivity index (χ3n) is 2.56. The Bertz CT molecular complexity index is 652. The molecule has 1 N–H and O–H groups in total. The van der Waals surface area contributed by atoms with Crippen LogP contribution in [0.3, 0.4) is 0 Å². The Kier molecular flexibility index (Phi) is 4.41. The highest BCUT2D eigenvalue weighted by atomic mass is 79.9. The second-order valence-electron chi connectivity index (χ2n) is 3.91. The van der Waals surface area contributed by atoms with Crippen molar-refractivity contribution in [1.29, 1.82) is 5.26 Å². The summed E-state index contributed by atoms with van der Waals surface area (Å²) in [5.41, 5.74) is 2.13. The summed E-state index contributed by atoms with van der Waals surface area (Å²) in [7, 11) is 0. The maximum Gasteiger partial charge on any atom is 0.137 e. The molecule has 0 aromatic heterocycles. The first-order chi connectivity index (χ1) is 9.10. The molecule has 0 radical (unpaired) electrons. The van der Waals surface area contributed by atoms with Crippen molar-refractivity contribution in [2.24, 2.45) is 0 Å². The van der Waals surface area contributed by atoms with Gasteiger partial charge in [-0.25, -0.2) is 4.39 Å². The van der Waals surface area contributed by atoms with Crippen molar-refractivity contribution < 1.29 is 4.39 Å². The molecule has 0 fully saturated rings. The van der Waals surface area contributed by atoms with Crippen LogP contribution in [-0.2, 0) is 6.54 Å². The Morgan fingerprint density at radius 3 is 2.74 bits per heavy atom. The van der Waals surface area contributed by atoms with E-state index < -0.39 is 0 Å². The van der Waals surface area contributed by atoms with Crippen LogP contribution >= 0.6 is 27.5 Å². The molecule has 0 saturated carbocycles. The SMILES string of the molecule is N#Cc1ccc(Cl)c(NCc2ccc(F)c(Br)c2)c1. The topological polar surface area (TPSA) is 35.8 Å². The number of rotatable bonds is 3. The molecule has 2 aromatic carbocycles. The van der Waals surface area contributed by atoms with Crippen molar-refractivity contribution >= 4 is 33.2 Å². The predicted molar refractivity (Wildman–Crippen MR) is 77.6 cm³/mol. The molecule has 0 amide bonds. The van der Waals surface area contributed by atoms with Gasteiger partial charge in [-0.2, -0.15) is 5.26 Å². The summed E-state index contributed by atoms with van der Waals surface area (Å²) in [4.78, 5) is 0. The highest BCUT2D eigenvalue weighted by Gasteiger charge is 2.04. The van der Waals surface area contributed by atoms with Crippen LogP contribution in [0.2, 0.25) is 5.02 Å². The highest BCUT2D eigenvalue weighted by molar-refractivity contribution is 9.10. The van der Waals surface area contributed by atoms with Gasteiger partial charge in [0.15, 0.2) is 0 Å². The maximum atomic E-state index is 13.1. The molecule has 5 heteroatoms. The van der Waals surface area contributed by atoms with Gasteiger partial charge in [0.05, 0.1) is 26.8 Å².